The molecule has 19 heavy (non-hydrogen) atoms. The Morgan fingerprint density at radius 3 is 2.68 bits per heavy atom. The molecule has 0 aliphatic carbocycles. The fourth-order valence-electron chi connectivity index (χ4n) is 1.87. The van der Waals surface area contributed by atoms with Gasteiger partial charge in [0.15, 0.2) is 5.60 Å². The summed E-state index contributed by atoms with van der Waals surface area (Å²) >= 11 is 1.64. The lowest BCUT2D eigenvalue weighted by Crippen LogP contribution is -2.50. The molecule has 1 aliphatic heterocycles. The van der Waals surface area contributed by atoms with Crippen molar-refractivity contribution in [2.24, 2.45) is 0 Å². The highest BCUT2D eigenvalue weighted by molar-refractivity contribution is 7.98. The Morgan fingerprint density at radius 1 is 1.58 bits per heavy atom. The number of thioether (sulfide) groups is 1. The van der Waals surface area contributed by atoms with Crippen molar-refractivity contribution in [3.8, 4) is 0 Å². The van der Waals surface area contributed by atoms with Gasteiger partial charge in [0, 0.05) is 19.0 Å². The number of aliphatic hydroxyl groups is 1. The standard InChI is InChI=1S/C11H19F3N2O2S/c1-8(3-6-19-2)15-9(17)16-5-4-10(18,7-16)11(12,13)14/h8,18H,3-7H2,1-2H3,(H,15,17)/t8-,10-/m1/s1. The van der Waals surface area contributed by atoms with E-state index in [1.807, 2.05) is 6.26 Å². The molecule has 2 atom stereocenters. The Kier molecular flexibility index (Phi) is 5.37. The zero-order valence-electron chi connectivity index (χ0n) is 11.0. The summed E-state index contributed by atoms with van der Waals surface area (Å²) in [7, 11) is 0. The molecule has 2 N–H and O–H groups in total. The Labute approximate surface area is 114 Å². The third-order valence-electron chi connectivity index (χ3n) is 3.19. The topological polar surface area (TPSA) is 52.6 Å². The van der Waals surface area contributed by atoms with Crippen LogP contribution >= 0.6 is 11.8 Å². The minimum Gasteiger partial charge on any atom is -0.379 e. The molecule has 0 aromatic carbocycles. The number of carbonyl (C=O) groups is 1. The van der Waals surface area contributed by atoms with E-state index in [1.54, 1.807) is 18.7 Å². The summed E-state index contributed by atoms with van der Waals surface area (Å²) in [6.45, 7) is 1.02. The molecule has 0 spiro atoms. The predicted molar refractivity (Wildman–Crippen MR) is 68.2 cm³/mol. The molecule has 0 unspecified atom stereocenters. The number of hydrogen-bond donors (Lipinski definition) is 2. The monoisotopic (exact) mass is 300 g/mol. The molecule has 4 nitrogen and oxygen atoms in total. The molecule has 2 amide bonds. The van der Waals surface area contributed by atoms with Gasteiger partial charge in [0.25, 0.3) is 0 Å². The minimum atomic E-state index is -4.70. The molecule has 0 bridgehead atoms. The van der Waals surface area contributed by atoms with E-state index in [0.717, 1.165) is 17.1 Å². The highest BCUT2D eigenvalue weighted by atomic mass is 32.2. The summed E-state index contributed by atoms with van der Waals surface area (Å²) in [6, 6.07) is -0.645. The van der Waals surface area contributed by atoms with Crippen LogP contribution in [0.25, 0.3) is 0 Å². The van der Waals surface area contributed by atoms with E-state index in [1.165, 1.54) is 0 Å². The van der Waals surface area contributed by atoms with Crippen LogP contribution in [0, 0.1) is 0 Å². The summed E-state index contributed by atoms with van der Waals surface area (Å²) in [6.07, 6.45) is -2.47. The quantitative estimate of drug-likeness (QED) is 0.833. The van der Waals surface area contributed by atoms with Crippen LogP contribution in [0.3, 0.4) is 0 Å². The Hall–Kier alpha value is -0.630. The molecule has 0 aromatic heterocycles. The van der Waals surface area contributed by atoms with Crippen LogP contribution in [0.2, 0.25) is 0 Å². The molecule has 1 rings (SSSR count). The molecule has 1 aliphatic rings. The first-order valence-electron chi connectivity index (χ1n) is 6.03. The van der Waals surface area contributed by atoms with Gasteiger partial charge in [0.2, 0.25) is 0 Å². The zero-order valence-corrected chi connectivity index (χ0v) is 11.8. The fourth-order valence-corrected chi connectivity index (χ4v) is 2.46. The Bertz CT molecular complexity index is 328. The Morgan fingerprint density at radius 2 is 2.21 bits per heavy atom. The van der Waals surface area contributed by atoms with Crippen LogP contribution in [0.1, 0.15) is 19.8 Å². The average molecular weight is 300 g/mol. The molecule has 112 valence electrons. The van der Waals surface area contributed by atoms with Crippen molar-refractivity contribution in [2.75, 3.05) is 25.1 Å². The van der Waals surface area contributed by atoms with Crippen molar-refractivity contribution in [1.29, 1.82) is 0 Å². The molecular formula is C11H19F3N2O2S. The van der Waals surface area contributed by atoms with Gasteiger partial charge in [-0.2, -0.15) is 24.9 Å². The number of halogens is 3. The van der Waals surface area contributed by atoms with Crippen LogP contribution < -0.4 is 5.32 Å². The van der Waals surface area contributed by atoms with Crippen LogP contribution in [-0.4, -0.2) is 59.0 Å². The minimum absolute atomic E-state index is 0.0862. The van der Waals surface area contributed by atoms with Gasteiger partial charge in [0.05, 0.1) is 6.54 Å². The average Bonchev–Trinajstić information content (AvgIpc) is 2.70. The molecule has 0 saturated carbocycles. The second-order valence-electron chi connectivity index (χ2n) is 4.83. The fraction of sp³-hybridized carbons (Fsp3) is 0.909. The third-order valence-corrected chi connectivity index (χ3v) is 3.83. The molecule has 1 saturated heterocycles. The number of carbonyl (C=O) groups excluding carboxylic acids is 1. The number of hydrogen-bond acceptors (Lipinski definition) is 3. The van der Waals surface area contributed by atoms with Crippen LogP contribution in [0.5, 0.6) is 0 Å². The first-order chi connectivity index (χ1) is 8.69. The lowest BCUT2D eigenvalue weighted by atomic mass is 10.0. The maximum Gasteiger partial charge on any atom is 0.419 e. The maximum atomic E-state index is 12.6. The lowest BCUT2D eigenvalue weighted by molar-refractivity contribution is -0.253. The third kappa shape index (κ3) is 4.17. The van der Waals surface area contributed by atoms with Gasteiger partial charge in [-0.15, -0.1) is 0 Å². The maximum absolute atomic E-state index is 12.6. The second kappa shape index (κ2) is 6.21. The van der Waals surface area contributed by atoms with Crippen molar-refractivity contribution in [1.82, 2.24) is 10.2 Å². The number of nitrogens with one attached hydrogen (secondary N) is 1. The van der Waals surface area contributed by atoms with E-state index < -0.39 is 30.8 Å². The van der Waals surface area contributed by atoms with E-state index in [0.29, 0.717) is 0 Å². The second-order valence-corrected chi connectivity index (χ2v) is 5.82. The van der Waals surface area contributed by atoms with E-state index in [2.05, 4.69) is 5.32 Å². The molecule has 0 radical (unpaired) electrons. The number of amides is 2. The van der Waals surface area contributed by atoms with Crippen molar-refractivity contribution < 1.29 is 23.1 Å². The van der Waals surface area contributed by atoms with Gasteiger partial charge in [-0.3, -0.25) is 0 Å². The van der Waals surface area contributed by atoms with E-state index in [-0.39, 0.29) is 12.6 Å². The highest BCUT2D eigenvalue weighted by Crippen LogP contribution is 2.37. The molecule has 1 fully saturated rings. The number of β-amino-alcohol motifs (C(OH)–C–C–N with tert-alkyl or cyclic N) is 1. The van der Waals surface area contributed by atoms with Crippen LogP contribution in [0.15, 0.2) is 0 Å². The zero-order chi connectivity index (χ0) is 14.7. The molecule has 0 aromatic rings. The first kappa shape index (κ1) is 16.4. The SMILES string of the molecule is CSCC[C@@H](C)NC(=O)N1CC[C@](O)(C(F)(F)F)C1. The van der Waals surface area contributed by atoms with Crippen molar-refractivity contribution >= 4 is 17.8 Å². The highest BCUT2D eigenvalue weighted by Gasteiger charge is 2.57. The van der Waals surface area contributed by atoms with E-state index >= 15 is 0 Å². The first-order valence-corrected chi connectivity index (χ1v) is 7.42. The molecule has 8 heteroatoms. The largest absolute Gasteiger partial charge is 0.419 e. The van der Waals surface area contributed by atoms with Gasteiger partial charge >= 0.3 is 12.2 Å². The van der Waals surface area contributed by atoms with Crippen molar-refractivity contribution in [3.05, 3.63) is 0 Å². The van der Waals surface area contributed by atoms with Crippen molar-refractivity contribution in [3.63, 3.8) is 0 Å². The van der Waals surface area contributed by atoms with Gasteiger partial charge in [0.1, 0.15) is 0 Å². The molecule has 1 heterocycles. The van der Waals surface area contributed by atoms with Gasteiger partial charge in [-0.1, -0.05) is 0 Å². The summed E-state index contributed by atoms with van der Waals surface area (Å²) < 4.78 is 37.8. The number of likely N-dealkylation sites (tertiary alicyclic amines) is 1. The van der Waals surface area contributed by atoms with Gasteiger partial charge < -0.3 is 15.3 Å². The number of nitrogens with zero attached hydrogens (tertiary/aromatic N) is 1. The van der Waals surface area contributed by atoms with Gasteiger partial charge in [-0.25, -0.2) is 4.79 Å². The van der Waals surface area contributed by atoms with E-state index in [4.69, 9.17) is 0 Å². The molecular weight excluding hydrogens is 281 g/mol. The summed E-state index contributed by atoms with van der Waals surface area (Å²) in [5.41, 5.74) is -2.77. The van der Waals surface area contributed by atoms with E-state index in [9.17, 15) is 23.1 Å². The van der Waals surface area contributed by atoms with Crippen LogP contribution in [0.4, 0.5) is 18.0 Å². The van der Waals surface area contributed by atoms with Crippen LogP contribution in [-0.2, 0) is 0 Å². The summed E-state index contributed by atoms with van der Waals surface area (Å²) in [4.78, 5) is 12.8. The number of urea groups is 1. The predicted octanol–water partition coefficient (Wildman–Crippen LogP) is 1.84. The Balaban J connectivity index is 2.48. The smallest absolute Gasteiger partial charge is 0.379 e. The van der Waals surface area contributed by atoms with Gasteiger partial charge in [-0.05, 0) is 25.4 Å². The van der Waals surface area contributed by atoms with Crippen molar-refractivity contribution in [2.45, 2.75) is 37.6 Å². The summed E-state index contributed by atoms with van der Waals surface area (Å²) in [5, 5.41) is 12.1. The normalized spacial score (nSPS) is 25.5. The number of alkyl halides is 3. The number of rotatable bonds is 4. The summed E-state index contributed by atoms with van der Waals surface area (Å²) in [5.74, 6) is 0.869. The lowest BCUT2D eigenvalue weighted by Gasteiger charge is -2.26.